The van der Waals surface area contributed by atoms with E-state index in [4.69, 9.17) is 17.3 Å². The Hall–Kier alpha value is -0.310. The lowest BCUT2D eigenvalue weighted by atomic mass is 10.0. The fraction of sp³-hybridized carbons (Fsp3) is 0.333. The van der Waals surface area contributed by atoms with Crippen molar-refractivity contribution >= 4 is 24.0 Å². The van der Waals surface area contributed by atoms with E-state index in [2.05, 4.69) is 0 Å². The summed E-state index contributed by atoms with van der Waals surface area (Å²) in [4.78, 5) is 0. The van der Waals surface area contributed by atoms with Crippen LogP contribution in [0.15, 0.2) is 18.2 Å². The molecule has 0 fully saturated rings. The monoisotopic (exact) mass is 223 g/mol. The molecular formula is C9H12Cl2FN. The van der Waals surface area contributed by atoms with Crippen LogP contribution in [0.25, 0.3) is 0 Å². The molecule has 13 heavy (non-hydrogen) atoms. The van der Waals surface area contributed by atoms with Crippen LogP contribution >= 0.6 is 24.0 Å². The average Bonchev–Trinajstić information content (AvgIpc) is 2.03. The largest absolute Gasteiger partial charge is 0.322 e. The first-order valence-electron chi connectivity index (χ1n) is 3.73. The van der Waals surface area contributed by atoms with Crippen molar-refractivity contribution in [3.8, 4) is 0 Å². The Kier molecular flexibility index (Phi) is 5.30. The molecule has 0 unspecified atom stereocenters. The molecule has 1 nitrogen and oxygen atoms in total. The molecule has 0 saturated carbocycles. The van der Waals surface area contributed by atoms with E-state index in [1.165, 1.54) is 0 Å². The second kappa shape index (κ2) is 5.43. The fourth-order valence-electron chi connectivity index (χ4n) is 1.19. The SMILES string of the molecule is Cc1cccc(Cl)c1[C@@H](N)CF.Cl. The highest BCUT2D eigenvalue weighted by Crippen LogP contribution is 2.24. The predicted molar refractivity (Wildman–Crippen MR) is 56.3 cm³/mol. The summed E-state index contributed by atoms with van der Waals surface area (Å²) in [5, 5.41) is 0.542. The lowest BCUT2D eigenvalue weighted by Gasteiger charge is -2.12. The number of aryl methyl sites for hydroxylation is 1. The zero-order valence-corrected chi connectivity index (χ0v) is 8.83. The maximum absolute atomic E-state index is 12.2. The Bertz CT molecular complexity index is 258. The van der Waals surface area contributed by atoms with Gasteiger partial charge in [0.15, 0.2) is 0 Å². The van der Waals surface area contributed by atoms with Gasteiger partial charge in [0.25, 0.3) is 0 Å². The maximum Gasteiger partial charge on any atom is 0.109 e. The smallest absolute Gasteiger partial charge is 0.109 e. The molecule has 0 saturated heterocycles. The second-order valence-electron chi connectivity index (χ2n) is 2.73. The van der Waals surface area contributed by atoms with Crippen LogP contribution in [0, 0.1) is 6.92 Å². The first kappa shape index (κ1) is 12.7. The highest BCUT2D eigenvalue weighted by atomic mass is 35.5. The Morgan fingerprint density at radius 3 is 2.62 bits per heavy atom. The molecule has 0 bridgehead atoms. The molecule has 0 aliphatic heterocycles. The Labute approximate surface area is 88.5 Å². The number of rotatable bonds is 2. The van der Waals surface area contributed by atoms with Crippen LogP contribution in [0.4, 0.5) is 4.39 Å². The summed E-state index contributed by atoms with van der Waals surface area (Å²) in [5.74, 6) is 0. The molecule has 0 radical (unpaired) electrons. The Balaban J connectivity index is 0.00000144. The van der Waals surface area contributed by atoms with Crippen LogP contribution in [0.5, 0.6) is 0 Å². The van der Waals surface area contributed by atoms with Crippen molar-refractivity contribution in [2.75, 3.05) is 6.67 Å². The van der Waals surface area contributed by atoms with Crippen LogP contribution in [0.2, 0.25) is 5.02 Å². The van der Waals surface area contributed by atoms with E-state index in [0.29, 0.717) is 10.6 Å². The van der Waals surface area contributed by atoms with Crippen molar-refractivity contribution in [1.82, 2.24) is 0 Å². The molecule has 74 valence electrons. The van der Waals surface area contributed by atoms with E-state index >= 15 is 0 Å². The van der Waals surface area contributed by atoms with Gasteiger partial charge >= 0.3 is 0 Å². The minimum absolute atomic E-state index is 0. The van der Waals surface area contributed by atoms with Crippen LogP contribution in [-0.2, 0) is 0 Å². The van der Waals surface area contributed by atoms with E-state index < -0.39 is 12.7 Å². The van der Waals surface area contributed by atoms with Gasteiger partial charge in [-0.2, -0.15) is 0 Å². The summed E-state index contributed by atoms with van der Waals surface area (Å²) in [7, 11) is 0. The van der Waals surface area contributed by atoms with E-state index in [-0.39, 0.29) is 12.4 Å². The van der Waals surface area contributed by atoms with Crippen molar-refractivity contribution < 1.29 is 4.39 Å². The van der Waals surface area contributed by atoms with Crippen molar-refractivity contribution in [3.05, 3.63) is 34.3 Å². The molecule has 1 aromatic rings. The average molecular weight is 224 g/mol. The van der Waals surface area contributed by atoms with Crippen molar-refractivity contribution in [2.24, 2.45) is 5.73 Å². The van der Waals surface area contributed by atoms with Gasteiger partial charge in [0, 0.05) is 5.02 Å². The van der Waals surface area contributed by atoms with Crippen LogP contribution in [-0.4, -0.2) is 6.67 Å². The third-order valence-corrected chi connectivity index (χ3v) is 2.14. The quantitative estimate of drug-likeness (QED) is 0.820. The van der Waals surface area contributed by atoms with Gasteiger partial charge in [0.05, 0.1) is 6.04 Å². The minimum Gasteiger partial charge on any atom is -0.322 e. The maximum atomic E-state index is 12.2. The van der Waals surface area contributed by atoms with Gasteiger partial charge in [-0.1, -0.05) is 23.7 Å². The molecule has 2 N–H and O–H groups in total. The zero-order valence-electron chi connectivity index (χ0n) is 7.26. The van der Waals surface area contributed by atoms with E-state index in [9.17, 15) is 4.39 Å². The fourth-order valence-corrected chi connectivity index (χ4v) is 1.55. The van der Waals surface area contributed by atoms with Crippen molar-refractivity contribution in [1.29, 1.82) is 0 Å². The van der Waals surface area contributed by atoms with Crippen LogP contribution < -0.4 is 5.73 Å². The summed E-state index contributed by atoms with van der Waals surface area (Å²) in [5.41, 5.74) is 7.18. The highest BCUT2D eigenvalue weighted by molar-refractivity contribution is 6.31. The number of hydrogen-bond acceptors (Lipinski definition) is 1. The number of halogens is 3. The van der Waals surface area contributed by atoms with Gasteiger partial charge in [-0.05, 0) is 24.1 Å². The normalized spacial score (nSPS) is 12.0. The molecule has 0 aliphatic rings. The molecular weight excluding hydrogens is 212 g/mol. The number of alkyl halides is 1. The van der Waals surface area contributed by atoms with Gasteiger partial charge in [0.2, 0.25) is 0 Å². The highest BCUT2D eigenvalue weighted by Gasteiger charge is 2.11. The molecule has 0 heterocycles. The summed E-state index contributed by atoms with van der Waals surface area (Å²) < 4.78 is 12.2. The third kappa shape index (κ3) is 2.83. The standard InChI is InChI=1S/C9H11ClFN.ClH/c1-6-3-2-4-7(10)9(6)8(12)5-11;/h2-4,8H,5,12H2,1H3;1H/t8-;/m0./s1. The topological polar surface area (TPSA) is 26.0 Å². The summed E-state index contributed by atoms with van der Waals surface area (Å²) in [6.07, 6.45) is 0. The van der Waals surface area contributed by atoms with E-state index in [1.54, 1.807) is 6.07 Å². The molecule has 0 aromatic heterocycles. The van der Waals surface area contributed by atoms with Crippen LogP contribution in [0.1, 0.15) is 17.2 Å². The van der Waals surface area contributed by atoms with Gasteiger partial charge in [-0.25, -0.2) is 4.39 Å². The molecule has 1 aromatic carbocycles. The van der Waals surface area contributed by atoms with Crippen molar-refractivity contribution in [3.63, 3.8) is 0 Å². The van der Waals surface area contributed by atoms with E-state index in [0.717, 1.165) is 5.56 Å². The second-order valence-corrected chi connectivity index (χ2v) is 3.14. The lowest BCUT2D eigenvalue weighted by Crippen LogP contribution is -2.14. The number of nitrogens with two attached hydrogens (primary N) is 1. The first-order chi connectivity index (χ1) is 5.66. The molecule has 0 aliphatic carbocycles. The molecule has 0 spiro atoms. The Morgan fingerprint density at radius 2 is 2.15 bits per heavy atom. The molecule has 1 rings (SSSR count). The summed E-state index contributed by atoms with van der Waals surface area (Å²) in [6.45, 7) is 1.29. The molecule has 1 atom stereocenters. The predicted octanol–water partition coefficient (Wildman–Crippen LogP) is 3.04. The van der Waals surface area contributed by atoms with Gasteiger partial charge in [-0.3, -0.25) is 0 Å². The third-order valence-electron chi connectivity index (χ3n) is 1.81. The first-order valence-corrected chi connectivity index (χ1v) is 4.11. The Morgan fingerprint density at radius 1 is 1.54 bits per heavy atom. The van der Waals surface area contributed by atoms with Gasteiger partial charge < -0.3 is 5.73 Å². The van der Waals surface area contributed by atoms with Crippen LogP contribution in [0.3, 0.4) is 0 Å². The summed E-state index contributed by atoms with van der Waals surface area (Å²) >= 11 is 5.86. The molecule has 0 amide bonds. The summed E-state index contributed by atoms with van der Waals surface area (Å²) in [6, 6.07) is 4.82. The van der Waals surface area contributed by atoms with E-state index in [1.807, 2.05) is 19.1 Å². The minimum atomic E-state index is -0.598. The zero-order chi connectivity index (χ0) is 9.14. The van der Waals surface area contributed by atoms with Gasteiger partial charge in [-0.15, -0.1) is 12.4 Å². The van der Waals surface area contributed by atoms with Crippen molar-refractivity contribution in [2.45, 2.75) is 13.0 Å². The van der Waals surface area contributed by atoms with Gasteiger partial charge in [0.1, 0.15) is 6.67 Å². The number of benzene rings is 1. The molecule has 4 heteroatoms. The lowest BCUT2D eigenvalue weighted by molar-refractivity contribution is 0.436. The number of hydrogen-bond donors (Lipinski definition) is 1.